The van der Waals surface area contributed by atoms with E-state index in [4.69, 9.17) is 10.3 Å². The van der Waals surface area contributed by atoms with Crippen molar-refractivity contribution < 1.29 is 13.0 Å². The second kappa shape index (κ2) is 6.85. The number of benzene rings is 2. The Hall–Kier alpha value is -1.69. The van der Waals surface area contributed by atoms with E-state index in [0.717, 1.165) is 0 Å². The van der Waals surface area contributed by atoms with Crippen molar-refractivity contribution in [3.8, 4) is 0 Å². The van der Waals surface area contributed by atoms with Crippen molar-refractivity contribution in [2.75, 3.05) is 0 Å². The van der Waals surface area contributed by atoms with Crippen molar-refractivity contribution in [1.29, 1.82) is 0 Å². The Kier molecular flexibility index (Phi) is 5.66. The Labute approximate surface area is 126 Å². The molecular formula is C16H21NO3S. The minimum absolute atomic E-state index is 0.0741. The highest BCUT2D eigenvalue weighted by atomic mass is 32.2. The van der Waals surface area contributed by atoms with Gasteiger partial charge in [-0.1, -0.05) is 42.5 Å². The van der Waals surface area contributed by atoms with Gasteiger partial charge in [0.1, 0.15) is 0 Å². The Balaban J connectivity index is 0.000000211. The first-order valence-electron chi connectivity index (χ1n) is 6.50. The lowest BCUT2D eigenvalue weighted by molar-refractivity contribution is 0.483. The van der Waals surface area contributed by atoms with Gasteiger partial charge in [0.05, 0.1) is 4.90 Å². The molecule has 114 valence electrons. The molecule has 0 fully saturated rings. The fourth-order valence-corrected chi connectivity index (χ4v) is 2.39. The molecule has 0 heterocycles. The average Bonchev–Trinajstić information content (AvgIpc) is 2.39. The molecule has 0 aliphatic rings. The zero-order valence-electron chi connectivity index (χ0n) is 12.4. The maximum Gasteiger partial charge on any atom is 0.294 e. The van der Waals surface area contributed by atoms with E-state index in [9.17, 15) is 8.42 Å². The number of hydrogen-bond donors (Lipinski definition) is 2. The summed E-state index contributed by atoms with van der Waals surface area (Å²) in [5, 5.41) is 0. The highest BCUT2D eigenvalue weighted by Gasteiger charge is 2.14. The number of nitrogens with two attached hydrogens (primary N) is 1. The lowest BCUT2D eigenvalue weighted by Gasteiger charge is -2.21. The summed E-state index contributed by atoms with van der Waals surface area (Å²) in [6, 6.07) is 15.6. The normalized spacial score (nSPS) is 11.5. The highest BCUT2D eigenvalue weighted by Crippen LogP contribution is 2.19. The summed E-state index contributed by atoms with van der Waals surface area (Å²) in [5.41, 5.74) is 8.23. The first-order valence-corrected chi connectivity index (χ1v) is 7.94. The fraction of sp³-hybridized carbons (Fsp3) is 0.250. The van der Waals surface area contributed by atoms with Gasteiger partial charge in [0, 0.05) is 5.54 Å². The van der Waals surface area contributed by atoms with E-state index in [1.165, 1.54) is 23.3 Å². The van der Waals surface area contributed by atoms with E-state index < -0.39 is 10.1 Å². The van der Waals surface area contributed by atoms with Crippen LogP contribution in [0.3, 0.4) is 0 Å². The van der Waals surface area contributed by atoms with Crippen molar-refractivity contribution in [2.45, 2.75) is 31.2 Å². The van der Waals surface area contributed by atoms with Crippen LogP contribution >= 0.6 is 0 Å². The van der Waals surface area contributed by atoms with E-state index in [1.54, 1.807) is 18.2 Å². The molecule has 0 radical (unpaired) electrons. The van der Waals surface area contributed by atoms with E-state index in [-0.39, 0.29) is 10.4 Å². The van der Waals surface area contributed by atoms with Crippen LogP contribution < -0.4 is 5.73 Å². The molecule has 21 heavy (non-hydrogen) atoms. The van der Waals surface area contributed by atoms with Crippen molar-refractivity contribution in [3.63, 3.8) is 0 Å². The molecule has 0 atom stereocenters. The van der Waals surface area contributed by atoms with Gasteiger partial charge >= 0.3 is 0 Å². The van der Waals surface area contributed by atoms with Crippen LogP contribution in [0.15, 0.2) is 59.5 Å². The minimum atomic E-state index is -4.00. The van der Waals surface area contributed by atoms with Crippen LogP contribution in [0.25, 0.3) is 0 Å². The lowest BCUT2D eigenvalue weighted by atomic mass is 9.92. The lowest BCUT2D eigenvalue weighted by Crippen LogP contribution is -2.29. The molecule has 5 heteroatoms. The summed E-state index contributed by atoms with van der Waals surface area (Å²) in [6.07, 6.45) is 0. The summed E-state index contributed by atoms with van der Waals surface area (Å²) in [7, 11) is -4.00. The third kappa shape index (κ3) is 5.67. The topological polar surface area (TPSA) is 80.4 Å². The molecule has 4 nitrogen and oxygen atoms in total. The first kappa shape index (κ1) is 17.4. The zero-order valence-corrected chi connectivity index (χ0v) is 13.3. The molecule has 3 N–H and O–H groups in total. The van der Waals surface area contributed by atoms with E-state index in [0.29, 0.717) is 0 Å². The molecule has 0 amide bonds. The monoisotopic (exact) mass is 307 g/mol. The minimum Gasteiger partial charge on any atom is -0.322 e. The van der Waals surface area contributed by atoms with Crippen LogP contribution in [0, 0.1) is 6.92 Å². The molecule has 2 aromatic rings. The Bertz CT molecular complexity index is 674. The maximum absolute atomic E-state index is 10.4. The Morgan fingerprint density at radius 2 is 1.43 bits per heavy atom. The molecule has 2 aromatic carbocycles. The predicted octanol–water partition coefficient (Wildman–Crippen LogP) is 3.12. The molecule has 0 bridgehead atoms. The van der Waals surface area contributed by atoms with Gasteiger partial charge in [-0.05, 0) is 44.0 Å². The molecule has 0 aliphatic heterocycles. The van der Waals surface area contributed by atoms with Crippen molar-refractivity contribution in [3.05, 3.63) is 65.7 Å². The van der Waals surface area contributed by atoms with Gasteiger partial charge in [0.25, 0.3) is 10.1 Å². The van der Waals surface area contributed by atoms with Crippen LogP contribution in [0.1, 0.15) is 25.0 Å². The Morgan fingerprint density at radius 3 is 1.76 bits per heavy atom. The highest BCUT2D eigenvalue weighted by molar-refractivity contribution is 7.85. The van der Waals surface area contributed by atoms with Gasteiger partial charge in [-0.3, -0.25) is 4.55 Å². The smallest absolute Gasteiger partial charge is 0.294 e. The van der Waals surface area contributed by atoms with E-state index in [1.807, 2.05) is 26.0 Å². The van der Waals surface area contributed by atoms with Crippen LogP contribution in [0.5, 0.6) is 0 Å². The zero-order chi connectivity index (χ0) is 16.1. The number of rotatable bonds is 2. The second-order valence-corrected chi connectivity index (χ2v) is 6.75. The molecule has 0 aromatic heterocycles. The molecular weight excluding hydrogens is 286 g/mol. The summed E-state index contributed by atoms with van der Waals surface area (Å²) in [4.78, 5) is -0.0741. The van der Waals surface area contributed by atoms with Crippen LogP contribution in [0.2, 0.25) is 0 Å². The number of hydrogen-bond acceptors (Lipinski definition) is 3. The Morgan fingerprint density at radius 1 is 0.952 bits per heavy atom. The third-order valence-corrected chi connectivity index (χ3v) is 3.75. The molecule has 0 aliphatic carbocycles. The van der Waals surface area contributed by atoms with E-state index in [2.05, 4.69) is 19.1 Å². The molecule has 0 unspecified atom stereocenters. The quantitative estimate of drug-likeness (QED) is 0.835. The van der Waals surface area contributed by atoms with Gasteiger partial charge in [0.2, 0.25) is 0 Å². The second-order valence-electron chi connectivity index (χ2n) is 5.32. The summed E-state index contributed by atoms with van der Waals surface area (Å²) in [6.45, 7) is 6.13. The largest absolute Gasteiger partial charge is 0.322 e. The predicted molar refractivity (Wildman–Crippen MR) is 84.6 cm³/mol. The van der Waals surface area contributed by atoms with Gasteiger partial charge in [-0.2, -0.15) is 8.42 Å². The summed E-state index contributed by atoms with van der Waals surface area (Å²) >= 11 is 0. The van der Waals surface area contributed by atoms with Crippen LogP contribution in [-0.4, -0.2) is 13.0 Å². The van der Waals surface area contributed by atoms with Gasteiger partial charge in [0.15, 0.2) is 0 Å². The van der Waals surface area contributed by atoms with E-state index >= 15 is 0 Å². The number of aryl methyl sites for hydroxylation is 1. The maximum atomic E-state index is 10.4. The van der Waals surface area contributed by atoms with Gasteiger partial charge in [-0.15, -0.1) is 0 Å². The fourth-order valence-electron chi connectivity index (χ4n) is 1.89. The average molecular weight is 307 g/mol. The van der Waals surface area contributed by atoms with Crippen LogP contribution in [-0.2, 0) is 15.7 Å². The summed E-state index contributed by atoms with van der Waals surface area (Å²) in [5.74, 6) is 0. The van der Waals surface area contributed by atoms with Crippen LogP contribution in [0.4, 0.5) is 0 Å². The van der Waals surface area contributed by atoms with Crippen molar-refractivity contribution >= 4 is 10.1 Å². The molecule has 0 saturated heterocycles. The molecule has 0 spiro atoms. The SMILES string of the molecule is Cc1ccccc1C(C)(C)N.O=S(=O)(O)c1ccccc1. The standard InChI is InChI=1S/C10H15N.C6H6O3S/c1-8-6-4-5-7-9(8)10(2,3)11;7-10(8,9)6-4-2-1-3-5-6/h4-7H,11H2,1-3H3;1-5H,(H,7,8,9). The van der Waals surface area contributed by atoms with Gasteiger partial charge in [-0.25, -0.2) is 0 Å². The third-order valence-electron chi connectivity index (χ3n) is 2.88. The molecule has 0 saturated carbocycles. The summed E-state index contributed by atoms with van der Waals surface area (Å²) < 4.78 is 29.2. The van der Waals surface area contributed by atoms with Gasteiger partial charge < -0.3 is 5.73 Å². The van der Waals surface area contributed by atoms with Crippen molar-refractivity contribution in [2.24, 2.45) is 5.73 Å². The molecule has 2 rings (SSSR count). The van der Waals surface area contributed by atoms with Crippen molar-refractivity contribution in [1.82, 2.24) is 0 Å². The first-order chi connectivity index (χ1) is 9.62.